The topological polar surface area (TPSA) is 69.7 Å². The summed E-state index contributed by atoms with van der Waals surface area (Å²) in [5.74, 6) is -0.875. The number of rotatable bonds is 7. The van der Waals surface area contributed by atoms with Crippen LogP contribution < -0.4 is 0 Å². The zero-order valence-electron chi connectivity index (χ0n) is 19.7. The van der Waals surface area contributed by atoms with E-state index in [4.69, 9.17) is 8.92 Å². The second-order valence-corrected chi connectivity index (χ2v) is 11.6. The lowest BCUT2D eigenvalue weighted by Crippen LogP contribution is -2.49. The van der Waals surface area contributed by atoms with Gasteiger partial charge in [-0.15, -0.1) is 0 Å². The summed E-state index contributed by atoms with van der Waals surface area (Å²) in [6.07, 6.45) is 3.75. The van der Waals surface area contributed by atoms with E-state index >= 15 is 0 Å². The lowest BCUT2D eigenvalue weighted by Gasteiger charge is -2.37. The standard InChI is InChI=1S/C26H34NO5S/c1-20-13-15-24(16-14-20)33(29,30)32-26(22-11-7-8-12-22,21-9-5-4-6-10-21)25(28)31-23-17-18-27(2,3)19-23/h4-6,9-10,13-16,22-23H,7-8,11-12,17-19H2,1-3H3/q+1/t23-,26+/m1/s1. The summed E-state index contributed by atoms with van der Waals surface area (Å²) in [4.78, 5) is 14.0. The molecule has 2 aliphatic rings. The largest absolute Gasteiger partial charge is 0.454 e. The first-order valence-corrected chi connectivity index (χ1v) is 13.1. The molecule has 6 nitrogen and oxygen atoms in total. The highest BCUT2D eigenvalue weighted by atomic mass is 32.2. The minimum absolute atomic E-state index is 0.0397. The number of hydrogen-bond donors (Lipinski definition) is 0. The Morgan fingerprint density at radius 3 is 2.18 bits per heavy atom. The van der Waals surface area contributed by atoms with Crippen LogP contribution in [0.5, 0.6) is 0 Å². The van der Waals surface area contributed by atoms with Gasteiger partial charge in [-0.25, -0.2) is 8.98 Å². The number of likely N-dealkylation sites (N-methyl/N-ethyl adjacent to an activating group) is 1. The van der Waals surface area contributed by atoms with Gasteiger partial charge in [0.15, 0.2) is 6.10 Å². The SMILES string of the molecule is Cc1ccc(S(=O)(=O)O[C@@](C(=O)O[C@@H]2CC[N+](C)(C)C2)(c2ccccc2)C2CCCC2)cc1. The smallest absolute Gasteiger partial charge is 0.345 e. The molecule has 1 aliphatic carbocycles. The van der Waals surface area contributed by atoms with Crippen LogP contribution in [0.15, 0.2) is 59.5 Å². The number of benzene rings is 2. The summed E-state index contributed by atoms with van der Waals surface area (Å²) in [6, 6.07) is 15.5. The highest BCUT2D eigenvalue weighted by molar-refractivity contribution is 7.86. The van der Waals surface area contributed by atoms with Gasteiger partial charge in [0, 0.05) is 12.3 Å². The molecule has 1 saturated carbocycles. The number of nitrogens with zero attached hydrogens (tertiary/aromatic N) is 1. The number of carbonyl (C=O) groups is 1. The first-order chi connectivity index (χ1) is 15.6. The minimum Gasteiger partial charge on any atom is -0.454 e. The van der Waals surface area contributed by atoms with Gasteiger partial charge < -0.3 is 9.22 Å². The predicted molar refractivity (Wildman–Crippen MR) is 126 cm³/mol. The van der Waals surface area contributed by atoms with Crippen LogP contribution in [0.2, 0.25) is 0 Å². The molecular weight excluding hydrogens is 438 g/mol. The van der Waals surface area contributed by atoms with E-state index in [0.29, 0.717) is 24.9 Å². The van der Waals surface area contributed by atoms with Crippen molar-refractivity contribution < 1.29 is 26.6 Å². The van der Waals surface area contributed by atoms with E-state index in [1.807, 2.05) is 25.1 Å². The van der Waals surface area contributed by atoms with Crippen LogP contribution in [0, 0.1) is 12.8 Å². The second-order valence-electron chi connectivity index (χ2n) is 10.1. The molecular formula is C26H34NO5S+. The molecule has 2 aromatic rings. The van der Waals surface area contributed by atoms with E-state index in [9.17, 15) is 13.2 Å². The van der Waals surface area contributed by atoms with Crippen LogP contribution in [-0.2, 0) is 29.4 Å². The van der Waals surface area contributed by atoms with Gasteiger partial charge in [-0.1, -0.05) is 60.9 Å². The Balaban J connectivity index is 1.78. The van der Waals surface area contributed by atoms with E-state index in [1.165, 1.54) is 12.1 Å². The molecule has 1 heterocycles. The number of aryl methyl sites for hydroxylation is 1. The van der Waals surface area contributed by atoms with Gasteiger partial charge >= 0.3 is 5.97 Å². The number of carbonyl (C=O) groups excluding carboxylic acids is 1. The van der Waals surface area contributed by atoms with Crippen molar-refractivity contribution in [1.82, 2.24) is 0 Å². The van der Waals surface area contributed by atoms with E-state index in [2.05, 4.69) is 14.1 Å². The van der Waals surface area contributed by atoms with Crippen molar-refractivity contribution in [2.45, 2.75) is 55.6 Å². The van der Waals surface area contributed by atoms with Gasteiger partial charge in [-0.2, -0.15) is 8.42 Å². The first-order valence-electron chi connectivity index (χ1n) is 11.7. The summed E-state index contributed by atoms with van der Waals surface area (Å²) < 4.78 is 39.8. The Morgan fingerprint density at radius 2 is 1.61 bits per heavy atom. The molecule has 4 rings (SSSR count). The highest BCUT2D eigenvalue weighted by Gasteiger charge is 2.55. The second kappa shape index (κ2) is 9.20. The average molecular weight is 473 g/mol. The molecule has 0 aromatic heterocycles. The van der Waals surface area contributed by atoms with Gasteiger partial charge in [0.2, 0.25) is 5.60 Å². The van der Waals surface area contributed by atoms with Crippen molar-refractivity contribution in [3.05, 3.63) is 65.7 Å². The molecule has 1 aliphatic heterocycles. The lowest BCUT2D eigenvalue weighted by atomic mass is 9.80. The van der Waals surface area contributed by atoms with Gasteiger partial charge in [-0.05, 0) is 37.5 Å². The number of hydrogen-bond acceptors (Lipinski definition) is 5. The molecule has 1 saturated heterocycles. The molecule has 0 radical (unpaired) electrons. The van der Waals surface area contributed by atoms with E-state index in [1.54, 1.807) is 24.3 Å². The normalized spacial score (nSPS) is 22.7. The maximum atomic E-state index is 14.0. The monoisotopic (exact) mass is 472 g/mol. The molecule has 0 N–H and O–H groups in total. The van der Waals surface area contributed by atoms with Crippen LogP contribution in [0.3, 0.4) is 0 Å². The highest BCUT2D eigenvalue weighted by Crippen LogP contribution is 2.46. The van der Waals surface area contributed by atoms with Gasteiger partial charge in [0.25, 0.3) is 10.1 Å². The fourth-order valence-corrected chi connectivity index (χ4v) is 6.39. The van der Waals surface area contributed by atoms with E-state index in [-0.39, 0.29) is 16.9 Å². The summed E-state index contributed by atoms with van der Waals surface area (Å²) in [7, 11) is -0.0169. The fraction of sp³-hybridized carbons (Fsp3) is 0.500. The van der Waals surface area contributed by atoms with Crippen molar-refractivity contribution in [3.63, 3.8) is 0 Å². The van der Waals surface area contributed by atoms with Crippen LogP contribution in [-0.4, -0.2) is 52.2 Å². The molecule has 0 bridgehead atoms. The first kappa shape index (κ1) is 23.9. The molecule has 178 valence electrons. The summed E-state index contributed by atoms with van der Waals surface area (Å²) in [5.41, 5.74) is -0.230. The van der Waals surface area contributed by atoms with Gasteiger partial charge in [0.05, 0.1) is 25.5 Å². The molecule has 33 heavy (non-hydrogen) atoms. The molecule has 0 spiro atoms. The van der Waals surface area contributed by atoms with Crippen LogP contribution in [0.4, 0.5) is 0 Å². The number of esters is 1. The van der Waals surface area contributed by atoms with Crippen molar-refractivity contribution >= 4 is 16.1 Å². The maximum absolute atomic E-state index is 14.0. The Bertz CT molecular complexity index is 1080. The van der Waals surface area contributed by atoms with Crippen molar-refractivity contribution in [2.24, 2.45) is 5.92 Å². The van der Waals surface area contributed by atoms with Gasteiger partial charge in [-0.3, -0.25) is 0 Å². The number of likely N-dealkylation sites (tertiary alicyclic amines) is 1. The van der Waals surface area contributed by atoms with Crippen LogP contribution in [0.25, 0.3) is 0 Å². The minimum atomic E-state index is -4.23. The summed E-state index contributed by atoms with van der Waals surface area (Å²) in [5, 5.41) is 0. The zero-order chi connectivity index (χ0) is 23.7. The number of ether oxygens (including phenoxy) is 1. The Labute approximate surface area is 197 Å². The fourth-order valence-electron chi connectivity index (χ4n) is 5.18. The molecule has 0 amide bonds. The van der Waals surface area contributed by atoms with Crippen molar-refractivity contribution in [1.29, 1.82) is 0 Å². The van der Waals surface area contributed by atoms with Crippen molar-refractivity contribution in [3.8, 4) is 0 Å². The Kier molecular flexibility index (Phi) is 6.67. The zero-order valence-corrected chi connectivity index (χ0v) is 20.5. The molecule has 7 heteroatoms. The quantitative estimate of drug-likeness (QED) is 0.344. The summed E-state index contributed by atoms with van der Waals surface area (Å²) >= 11 is 0. The lowest BCUT2D eigenvalue weighted by molar-refractivity contribution is -0.879. The molecule has 2 fully saturated rings. The van der Waals surface area contributed by atoms with Crippen LogP contribution in [0.1, 0.15) is 43.2 Å². The molecule has 0 unspecified atom stereocenters. The van der Waals surface area contributed by atoms with Crippen LogP contribution >= 0.6 is 0 Å². The Morgan fingerprint density at radius 1 is 0.970 bits per heavy atom. The molecule has 2 atom stereocenters. The third-order valence-corrected chi connectivity index (χ3v) is 8.35. The Hall–Kier alpha value is -2.22. The predicted octanol–water partition coefficient (Wildman–Crippen LogP) is 4.18. The number of quaternary nitrogens is 1. The van der Waals surface area contributed by atoms with Crippen molar-refractivity contribution in [2.75, 3.05) is 27.2 Å². The third-order valence-electron chi connectivity index (χ3n) is 7.01. The van der Waals surface area contributed by atoms with E-state index in [0.717, 1.165) is 35.9 Å². The third kappa shape index (κ3) is 5.00. The van der Waals surface area contributed by atoms with E-state index < -0.39 is 21.7 Å². The average Bonchev–Trinajstić information content (AvgIpc) is 3.43. The summed E-state index contributed by atoms with van der Waals surface area (Å²) in [6.45, 7) is 3.50. The van der Waals surface area contributed by atoms with Gasteiger partial charge in [0.1, 0.15) is 6.54 Å². The molecule has 2 aromatic carbocycles. The maximum Gasteiger partial charge on any atom is 0.345 e.